The zero-order valence-electron chi connectivity index (χ0n) is 9.48. The summed E-state index contributed by atoms with van der Waals surface area (Å²) in [4.78, 5) is 25.7. The van der Waals surface area contributed by atoms with Crippen LogP contribution in [0.1, 0.15) is 13.3 Å². The Labute approximate surface area is 94.5 Å². The van der Waals surface area contributed by atoms with Crippen molar-refractivity contribution in [3.05, 3.63) is 0 Å². The van der Waals surface area contributed by atoms with Crippen molar-refractivity contribution in [2.75, 3.05) is 26.2 Å². The third kappa shape index (κ3) is 1.91. The molecule has 0 aromatic rings. The molecule has 0 atom stereocenters. The van der Waals surface area contributed by atoms with Gasteiger partial charge in [0, 0.05) is 31.6 Å². The van der Waals surface area contributed by atoms with Gasteiger partial charge in [-0.25, -0.2) is 9.59 Å². The number of nitrogens with zero attached hydrogens (tertiary/aromatic N) is 2. The van der Waals surface area contributed by atoms with Crippen molar-refractivity contribution in [2.24, 2.45) is 22.8 Å². The standard InChI is InChI=1S/C10H18N4O2/c1-10-2-7(3-13(5-10)8(11)15)4-14(6-10)9(12)16/h7H,2-6H2,1H3,(H2,11,15)(H2,12,16). The first kappa shape index (κ1) is 11.0. The lowest BCUT2D eigenvalue weighted by Crippen LogP contribution is -2.61. The van der Waals surface area contributed by atoms with Crippen LogP contribution in [0.2, 0.25) is 0 Å². The Kier molecular flexibility index (Phi) is 2.44. The lowest BCUT2D eigenvalue weighted by molar-refractivity contribution is 0.00907. The number of fused-ring (bicyclic) bond motifs is 2. The lowest BCUT2D eigenvalue weighted by atomic mass is 9.73. The third-order valence-electron chi connectivity index (χ3n) is 3.51. The number of carbonyl (C=O) groups is 2. The molecule has 0 aliphatic carbocycles. The molecule has 0 spiro atoms. The molecule has 16 heavy (non-hydrogen) atoms. The lowest BCUT2D eigenvalue weighted by Gasteiger charge is -2.50. The second kappa shape index (κ2) is 3.54. The van der Waals surface area contributed by atoms with Crippen LogP contribution in [0.3, 0.4) is 0 Å². The summed E-state index contributed by atoms with van der Waals surface area (Å²) < 4.78 is 0. The van der Waals surface area contributed by atoms with E-state index >= 15 is 0 Å². The van der Waals surface area contributed by atoms with Gasteiger partial charge in [0.05, 0.1) is 0 Å². The van der Waals surface area contributed by atoms with Gasteiger partial charge in [0.25, 0.3) is 0 Å². The Morgan fingerprint density at radius 1 is 1.12 bits per heavy atom. The fraction of sp³-hybridized carbons (Fsp3) is 0.800. The molecular weight excluding hydrogens is 208 g/mol. The number of carbonyl (C=O) groups excluding carboxylic acids is 2. The van der Waals surface area contributed by atoms with Gasteiger partial charge in [0.1, 0.15) is 0 Å². The molecule has 2 saturated heterocycles. The first-order valence-electron chi connectivity index (χ1n) is 5.48. The zero-order valence-corrected chi connectivity index (χ0v) is 9.48. The van der Waals surface area contributed by atoms with E-state index in [9.17, 15) is 9.59 Å². The summed E-state index contributed by atoms with van der Waals surface area (Å²) >= 11 is 0. The molecule has 2 aliphatic heterocycles. The van der Waals surface area contributed by atoms with Crippen LogP contribution in [0.4, 0.5) is 9.59 Å². The summed E-state index contributed by atoms with van der Waals surface area (Å²) in [5.41, 5.74) is 10.5. The van der Waals surface area contributed by atoms with Crippen LogP contribution in [-0.2, 0) is 0 Å². The second-order valence-corrected chi connectivity index (χ2v) is 5.32. The number of urea groups is 2. The highest BCUT2D eigenvalue weighted by Gasteiger charge is 2.43. The number of piperidine rings is 2. The van der Waals surface area contributed by atoms with Crippen molar-refractivity contribution in [2.45, 2.75) is 13.3 Å². The molecule has 0 unspecified atom stereocenters. The van der Waals surface area contributed by atoms with E-state index in [2.05, 4.69) is 6.92 Å². The number of nitrogens with two attached hydrogens (primary N) is 2. The fourth-order valence-corrected chi connectivity index (χ4v) is 3.07. The molecule has 0 aromatic heterocycles. The molecule has 4 amide bonds. The van der Waals surface area contributed by atoms with Crippen molar-refractivity contribution in [3.63, 3.8) is 0 Å². The Morgan fingerprint density at radius 3 is 1.88 bits per heavy atom. The Balaban J connectivity index is 2.13. The van der Waals surface area contributed by atoms with Crippen molar-refractivity contribution in [1.82, 2.24) is 9.80 Å². The molecule has 2 heterocycles. The van der Waals surface area contributed by atoms with Crippen LogP contribution in [0, 0.1) is 11.3 Å². The van der Waals surface area contributed by atoms with E-state index in [-0.39, 0.29) is 17.5 Å². The molecule has 0 saturated carbocycles. The summed E-state index contributed by atoms with van der Waals surface area (Å²) in [6.07, 6.45) is 1.03. The molecule has 2 fully saturated rings. The van der Waals surface area contributed by atoms with Gasteiger partial charge >= 0.3 is 12.1 Å². The van der Waals surface area contributed by atoms with Gasteiger partial charge in [-0.15, -0.1) is 0 Å². The monoisotopic (exact) mass is 226 g/mol. The zero-order chi connectivity index (χ0) is 11.9. The number of rotatable bonds is 0. The maximum absolute atomic E-state index is 11.2. The predicted octanol–water partition coefficient (Wildman–Crippen LogP) is -0.212. The Morgan fingerprint density at radius 2 is 1.56 bits per heavy atom. The highest BCUT2D eigenvalue weighted by atomic mass is 16.2. The first-order valence-corrected chi connectivity index (χ1v) is 5.48. The van der Waals surface area contributed by atoms with E-state index in [0.717, 1.165) is 6.42 Å². The SMILES string of the molecule is CC12CC(CN(C(N)=O)C1)CN(C(N)=O)C2. The molecule has 6 heteroatoms. The Hall–Kier alpha value is -1.46. The summed E-state index contributed by atoms with van der Waals surface area (Å²) in [5, 5.41) is 0. The quantitative estimate of drug-likeness (QED) is 0.598. The fourth-order valence-electron chi connectivity index (χ4n) is 3.07. The summed E-state index contributed by atoms with van der Waals surface area (Å²) in [6.45, 7) is 4.57. The molecular formula is C10H18N4O2. The van der Waals surface area contributed by atoms with E-state index in [1.54, 1.807) is 9.80 Å². The second-order valence-electron chi connectivity index (χ2n) is 5.32. The van der Waals surface area contributed by atoms with E-state index < -0.39 is 0 Å². The van der Waals surface area contributed by atoms with E-state index in [4.69, 9.17) is 11.5 Å². The highest BCUT2D eigenvalue weighted by Crippen LogP contribution is 2.37. The van der Waals surface area contributed by atoms with Crippen LogP contribution in [0.5, 0.6) is 0 Å². The van der Waals surface area contributed by atoms with Crippen molar-refractivity contribution < 1.29 is 9.59 Å². The number of primary amides is 2. The average Bonchev–Trinajstić information content (AvgIpc) is 2.14. The molecule has 4 N–H and O–H groups in total. The number of hydrogen-bond acceptors (Lipinski definition) is 2. The van der Waals surface area contributed by atoms with Gasteiger partial charge in [0.15, 0.2) is 0 Å². The van der Waals surface area contributed by atoms with E-state index in [0.29, 0.717) is 32.1 Å². The minimum atomic E-state index is -0.372. The minimum absolute atomic E-state index is 0.0643. The van der Waals surface area contributed by atoms with Crippen LogP contribution in [0.15, 0.2) is 0 Å². The largest absolute Gasteiger partial charge is 0.351 e. The molecule has 90 valence electrons. The molecule has 2 bridgehead atoms. The normalized spacial score (nSPS) is 33.7. The van der Waals surface area contributed by atoms with Crippen LogP contribution >= 0.6 is 0 Å². The van der Waals surface area contributed by atoms with Crippen LogP contribution < -0.4 is 11.5 Å². The van der Waals surface area contributed by atoms with Gasteiger partial charge in [-0.2, -0.15) is 0 Å². The number of amides is 4. The summed E-state index contributed by atoms with van der Waals surface area (Å²) in [7, 11) is 0. The third-order valence-corrected chi connectivity index (χ3v) is 3.51. The number of hydrogen-bond donors (Lipinski definition) is 2. The summed E-state index contributed by atoms with van der Waals surface area (Å²) in [5.74, 6) is 0.299. The number of likely N-dealkylation sites (tertiary alicyclic amines) is 2. The molecule has 6 nitrogen and oxygen atoms in total. The van der Waals surface area contributed by atoms with Crippen LogP contribution in [-0.4, -0.2) is 48.0 Å². The molecule has 2 aliphatic rings. The summed E-state index contributed by atoms with van der Waals surface area (Å²) in [6, 6.07) is -0.744. The minimum Gasteiger partial charge on any atom is -0.351 e. The van der Waals surface area contributed by atoms with Gasteiger partial charge in [-0.1, -0.05) is 6.92 Å². The molecule has 0 aromatic carbocycles. The van der Waals surface area contributed by atoms with Gasteiger partial charge in [0.2, 0.25) is 0 Å². The van der Waals surface area contributed by atoms with Crippen molar-refractivity contribution in [3.8, 4) is 0 Å². The molecule has 2 rings (SSSR count). The van der Waals surface area contributed by atoms with Crippen LogP contribution in [0.25, 0.3) is 0 Å². The topological polar surface area (TPSA) is 92.7 Å². The smallest absolute Gasteiger partial charge is 0.314 e. The Bertz CT molecular complexity index is 305. The van der Waals surface area contributed by atoms with Gasteiger partial charge in [-0.3, -0.25) is 0 Å². The van der Waals surface area contributed by atoms with E-state index in [1.807, 2.05) is 0 Å². The molecule has 0 radical (unpaired) electrons. The maximum atomic E-state index is 11.2. The van der Waals surface area contributed by atoms with Crippen molar-refractivity contribution in [1.29, 1.82) is 0 Å². The first-order chi connectivity index (χ1) is 7.39. The van der Waals surface area contributed by atoms with Gasteiger partial charge < -0.3 is 21.3 Å². The van der Waals surface area contributed by atoms with Gasteiger partial charge in [-0.05, 0) is 12.3 Å². The maximum Gasteiger partial charge on any atom is 0.314 e. The van der Waals surface area contributed by atoms with Crippen molar-refractivity contribution >= 4 is 12.1 Å². The average molecular weight is 226 g/mol. The highest BCUT2D eigenvalue weighted by molar-refractivity contribution is 5.73. The van der Waals surface area contributed by atoms with E-state index in [1.165, 1.54) is 0 Å². The predicted molar refractivity (Wildman–Crippen MR) is 58.5 cm³/mol.